The molecule has 3 aromatic carbocycles. The second-order valence-electron chi connectivity index (χ2n) is 7.29. The summed E-state index contributed by atoms with van der Waals surface area (Å²) in [5.74, 6) is 0. The quantitative estimate of drug-likeness (QED) is 0.395. The molecule has 0 amide bonds. The van der Waals surface area contributed by atoms with E-state index in [2.05, 4.69) is 5.10 Å². The number of rotatable bonds is 5. The van der Waals surface area contributed by atoms with Gasteiger partial charge in [-0.25, -0.2) is 13.6 Å². The zero-order valence-corrected chi connectivity index (χ0v) is 18.5. The minimum Gasteiger partial charge on any atom is -0.255 e. The third-order valence-electron chi connectivity index (χ3n) is 4.99. The van der Waals surface area contributed by atoms with E-state index in [4.69, 9.17) is 16.7 Å². The van der Waals surface area contributed by atoms with Gasteiger partial charge in [0.25, 0.3) is 0 Å². The van der Waals surface area contributed by atoms with Crippen LogP contribution in [0.15, 0.2) is 83.8 Å². The summed E-state index contributed by atoms with van der Waals surface area (Å²) in [5, 5.41) is 9.84. The van der Waals surface area contributed by atoms with E-state index in [1.54, 1.807) is 30.3 Å². The maximum atomic E-state index is 14.3. The van der Waals surface area contributed by atoms with Crippen LogP contribution in [0.3, 0.4) is 0 Å². The van der Waals surface area contributed by atoms with Gasteiger partial charge in [0.05, 0.1) is 11.4 Å². The standard InChI is InChI=1S/C23H17ClF3N3O2S/c24-18-10-6-16(7-11-18)20-21(17-8-12-19(13-9-17)33(28,31)32)29-30(22(20)23(25,26)27)14-15-4-2-1-3-5-15/h1-13H,14H2,(H2,28,31,32). The van der Waals surface area contributed by atoms with Crippen LogP contribution in [0.4, 0.5) is 13.2 Å². The Morgan fingerprint density at radius 1 is 0.879 bits per heavy atom. The average Bonchev–Trinajstić information content (AvgIpc) is 3.14. The second-order valence-corrected chi connectivity index (χ2v) is 9.29. The fourth-order valence-electron chi connectivity index (χ4n) is 3.52. The zero-order valence-electron chi connectivity index (χ0n) is 16.9. The van der Waals surface area contributed by atoms with Gasteiger partial charge in [0, 0.05) is 16.1 Å². The maximum absolute atomic E-state index is 14.3. The van der Waals surface area contributed by atoms with Gasteiger partial charge < -0.3 is 0 Å². The first-order valence-corrected chi connectivity index (χ1v) is 11.6. The molecule has 0 bridgehead atoms. The van der Waals surface area contributed by atoms with Crippen molar-refractivity contribution in [2.75, 3.05) is 0 Å². The van der Waals surface area contributed by atoms with Gasteiger partial charge in [0.1, 0.15) is 5.69 Å². The predicted molar refractivity (Wildman–Crippen MR) is 120 cm³/mol. The van der Waals surface area contributed by atoms with Gasteiger partial charge in [-0.1, -0.05) is 66.2 Å². The summed E-state index contributed by atoms with van der Waals surface area (Å²) in [6, 6.07) is 19.9. The summed E-state index contributed by atoms with van der Waals surface area (Å²) in [7, 11) is -3.96. The summed E-state index contributed by atoms with van der Waals surface area (Å²) >= 11 is 5.95. The molecule has 170 valence electrons. The number of aromatic nitrogens is 2. The van der Waals surface area contributed by atoms with Gasteiger partial charge >= 0.3 is 6.18 Å². The van der Waals surface area contributed by atoms with Crippen molar-refractivity contribution in [3.8, 4) is 22.4 Å². The molecule has 0 saturated heterocycles. The molecule has 1 aromatic heterocycles. The van der Waals surface area contributed by atoms with Gasteiger partial charge in [0.15, 0.2) is 5.69 Å². The Balaban J connectivity index is 1.97. The fraction of sp³-hybridized carbons (Fsp3) is 0.0870. The van der Waals surface area contributed by atoms with Crippen LogP contribution in [0.2, 0.25) is 5.02 Å². The molecule has 0 atom stereocenters. The van der Waals surface area contributed by atoms with Crippen LogP contribution in [0.1, 0.15) is 11.3 Å². The number of halogens is 4. The number of nitrogens with two attached hydrogens (primary N) is 1. The Morgan fingerprint density at radius 3 is 2.00 bits per heavy atom. The first-order chi connectivity index (χ1) is 15.5. The van der Waals surface area contributed by atoms with E-state index in [1.165, 1.54) is 48.5 Å². The van der Waals surface area contributed by atoms with Crippen molar-refractivity contribution in [2.24, 2.45) is 5.14 Å². The van der Waals surface area contributed by atoms with Crippen LogP contribution in [0, 0.1) is 0 Å². The lowest BCUT2D eigenvalue weighted by Gasteiger charge is -2.13. The highest BCUT2D eigenvalue weighted by molar-refractivity contribution is 7.89. The Bertz CT molecular complexity index is 1380. The Morgan fingerprint density at radius 2 is 1.45 bits per heavy atom. The van der Waals surface area contributed by atoms with E-state index < -0.39 is 21.9 Å². The summed E-state index contributed by atoms with van der Waals surface area (Å²) in [6.07, 6.45) is -4.71. The van der Waals surface area contributed by atoms with Crippen molar-refractivity contribution in [1.29, 1.82) is 0 Å². The van der Waals surface area contributed by atoms with Gasteiger partial charge in [-0.2, -0.15) is 18.3 Å². The Hall–Kier alpha value is -3.14. The third kappa shape index (κ3) is 4.95. The van der Waals surface area contributed by atoms with Gasteiger partial charge in [-0.05, 0) is 35.4 Å². The van der Waals surface area contributed by atoms with E-state index in [1.807, 2.05) is 0 Å². The molecule has 0 aliphatic rings. The molecule has 0 aliphatic carbocycles. The lowest BCUT2D eigenvalue weighted by atomic mass is 9.98. The summed E-state index contributed by atoms with van der Waals surface area (Å²) in [6.45, 7) is -0.106. The van der Waals surface area contributed by atoms with Crippen molar-refractivity contribution in [3.63, 3.8) is 0 Å². The highest BCUT2D eigenvalue weighted by Gasteiger charge is 2.40. The first kappa shape index (κ1) is 23.0. The Kier molecular flexibility index (Phi) is 6.04. The lowest BCUT2D eigenvalue weighted by molar-refractivity contribution is -0.143. The topological polar surface area (TPSA) is 78.0 Å². The van der Waals surface area contributed by atoms with Crippen LogP contribution in [0.25, 0.3) is 22.4 Å². The van der Waals surface area contributed by atoms with Gasteiger partial charge in [-0.15, -0.1) is 0 Å². The molecule has 2 N–H and O–H groups in total. The van der Waals surface area contributed by atoms with E-state index >= 15 is 0 Å². The third-order valence-corrected chi connectivity index (χ3v) is 6.17. The minimum atomic E-state index is -4.71. The molecule has 0 unspecified atom stereocenters. The number of sulfonamides is 1. The zero-order chi connectivity index (χ0) is 23.8. The number of alkyl halides is 3. The van der Waals surface area contributed by atoms with E-state index in [0.29, 0.717) is 16.1 Å². The maximum Gasteiger partial charge on any atom is 0.433 e. The molecule has 1 heterocycles. The predicted octanol–water partition coefficient (Wildman–Crippen LogP) is 5.59. The molecule has 33 heavy (non-hydrogen) atoms. The number of nitrogens with zero attached hydrogens (tertiary/aromatic N) is 2. The highest BCUT2D eigenvalue weighted by Crippen LogP contribution is 2.43. The normalized spacial score (nSPS) is 12.2. The summed E-state index contributed by atoms with van der Waals surface area (Å²) in [5.41, 5.74) is 0.240. The molecular formula is C23H17ClF3N3O2S. The molecule has 0 fully saturated rings. The van der Waals surface area contributed by atoms with Crippen molar-refractivity contribution >= 4 is 21.6 Å². The number of benzene rings is 3. The van der Waals surface area contributed by atoms with Crippen molar-refractivity contribution < 1.29 is 21.6 Å². The Labute approximate surface area is 193 Å². The van der Waals surface area contributed by atoms with Crippen LogP contribution >= 0.6 is 11.6 Å². The lowest BCUT2D eigenvalue weighted by Crippen LogP contribution is -2.16. The van der Waals surface area contributed by atoms with Gasteiger partial charge in [0.2, 0.25) is 10.0 Å². The van der Waals surface area contributed by atoms with E-state index in [9.17, 15) is 21.6 Å². The molecular weight excluding hydrogens is 475 g/mol. The van der Waals surface area contributed by atoms with Crippen LogP contribution in [-0.4, -0.2) is 18.2 Å². The smallest absolute Gasteiger partial charge is 0.255 e. The fourth-order valence-corrected chi connectivity index (χ4v) is 4.16. The largest absolute Gasteiger partial charge is 0.433 e. The van der Waals surface area contributed by atoms with E-state index in [0.717, 1.165) is 4.68 Å². The molecule has 0 saturated carbocycles. The summed E-state index contributed by atoms with van der Waals surface area (Å²) < 4.78 is 67.1. The highest BCUT2D eigenvalue weighted by atomic mass is 35.5. The SMILES string of the molecule is NS(=O)(=O)c1ccc(-c2nn(Cc3ccccc3)c(C(F)(F)F)c2-c2ccc(Cl)cc2)cc1. The molecule has 10 heteroatoms. The molecule has 0 radical (unpaired) electrons. The number of primary sulfonamides is 1. The van der Waals surface area contributed by atoms with E-state index in [-0.39, 0.29) is 28.3 Å². The van der Waals surface area contributed by atoms with Crippen LogP contribution in [0.5, 0.6) is 0 Å². The summed E-state index contributed by atoms with van der Waals surface area (Å²) in [4.78, 5) is -0.154. The molecule has 0 aliphatic heterocycles. The van der Waals surface area contributed by atoms with Crippen LogP contribution < -0.4 is 5.14 Å². The first-order valence-electron chi connectivity index (χ1n) is 9.65. The average molecular weight is 492 g/mol. The molecule has 0 spiro atoms. The number of hydrogen-bond donors (Lipinski definition) is 1. The second kappa shape index (κ2) is 8.66. The van der Waals surface area contributed by atoms with Gasteiger partial charge in [-0.3, -0.25) is 4.68 Å². The van der Waals surface area contributed by atoms with Crippen molar-refractivity contribution in [1.82, 2.24) is 9.78 Å². The van der Waals surface area contributed by atoms with Crippen LogP contribution in [-0.2, 0) is 22.7 Å². The molecule has 4 aromatic rings. The minimum absolute atomic E-state index is 0.0570. The number of hydrogen-bond acceptors (Lipinski definition) is 3. The molecule has 5 nitrogen and oxygen atoms in total. The monoisotopic (exact) mass is 491 g/mol. The van der Waals surface area contributed by atoms with Crippen molar-refractivity contribution in [2.45, 2.75) is 17.6 Å². The molecule has 4 rings (SSSR count). The van der Waals surface area contributed by atoms with Crippen molar-refractivity contribution in [3.05, 3.63) is 95.1 Å².